The molecule has 1 aliphatic rings. The summed E-state index contributed by atoms with van der Waals surface area (Å²) in [7, 11) is -0.678. The average molecular weight is 472 g/mol. The van der Waals surface area contributed by atoms with Gasteiger partial charge in [-0.15, -0.1) is 11.3 Å². The Hall–Kier alpha value is -2.35. The standard InChI is InChI=1S/C18H25N5O6S2/c1-4-29-17(25)14(24)12-22-18(26)23(15-8-6-10-30-15)16(19-22)13-7-5-9-21(11-13)31(27,28)20(2)3/h6,8,10,13H,4-5,7,9,11-12H2,1-3H3. The zero-order valence-electron chi connectivity index (χ0n) is 17.6. The fourth-order valence-electron chi connectivity index (χ4n) is 3.40. The van der Waals surface area contributed by atoms with E-state index in [9.17, 15) is 22.8 Å². The minimum absolute atomic E-state index is 0.0482. The maximum Gasteiger partial charge on any atom is 0.376 e. The summed E-state index contributed by atoms with van der Waals surface area (Å²) in [5.41, 5.74) is -0.567. The molecule has 3 rings (SSSR count). The van der Waals surface area contributed by atoms with Crippen molar-refractivity contribution in [2.75, 3.05) is 33.8 Å². The summed E-state index contributed by atoms with van der Waals surface area (Å²) in [5, 5.41) is 6.74. The molecule has 1 saturated heterocycles. The number of Topliss-reactive ketones (excluding diaryl/α,β-unsaturated/α-hetero) is 1. The molecule has 11 nitrogen and oxygen atoms in total. The molecule has 1 aliphatic heterocycles. The van der Waals surface area contributed by atoms with Gasteiger partial charge in [0.05, 0.1) is 6.61 Å². The fourth-order valence-corrected chi connectivity index (χ4v) is 5.32. The van der Waals surface area contributed by atoms with Crippen LogP contribution < -0.4 is 5.69 Å². The van der Waals surface area contributed by atoms with E-state index in [1.807, 2.05) is 0 Å². The SMILES string of the molecule is CCOC(=O)C(=O)Cn1nc(C2CCCN(S(=O)(=O)N(C)C)C2)n(-c2cccs2)c1=O. The van der Waals surface area contributed by atoms with E-state index in [4.69, 9.17) is 4.74 Å². The maximum absolute atomic E-state index is 13.1. The van der Waals surface area contributed by atoms with E-state index in [0.717, 1.165) is 8.99 Å². The van der Waals surface area contributed by atoms with E-state index in [2.05, 4.69) is 5.10 Å². The molecule has 0 saturated carbocycles. The van der Waals surface area contributed by atoms with Gasteiger partial charge in [0.25, 0.3) is 16.0 Å². The van der Waals surface area contributed by atoms with Gasteiger partial charge in [0.15, 0.2) is 0 Å². The Balaban J connectivity index is 1.98. The third-order valence-corrected chi connectivity index (χ3v) is 7.68. The van der Waals surface area contributed by atoms with E-state index in [1.54, 1.807) is 24.4 Å². The van der Waals surface area contributed by atoms with Crippen LogP contribution in [0.4, 0.5) is 0 Å². The van der Waals surface area contributed by atoms with Crippen molar-refractivity contribution >= 4 is 33.3 Å². The third-order valence-electron chi connectivity index (χ3n) is 4.92. The van der Waals surface area contributed by atoms with E-state index >= 15 is 0 Å². The van der Waals surface area contributed by atoms with Crippen LogP contribution in [0.3, 0.4) is 0 Å². The smallest absolute Gasteiger partial charge is 0.376 e. The molecular formula is C18H25N5O6S2. The van der Waals surface area contributed by atoms with E-state index in [0.29, 0.717) is 30.2 Å². The normalized spacial score (nSPS) is 17.7. The Morgan fingerprint density at radius 2 is 2.10 bits per heavy atom. The number of rotatable bonds is 8. The van der Waals surface area contributed by atoms with Crippen molar-refractivity contribution in [3.05, 3.63) is 33.8 Å². The number of thiophene rings is 1. The highest BCUT2D eigenvalue weighted by Crippen LogP contribution is 2.29. The lowest BCUT2D eigenvalue weighted by atomic mass is 9.99. The van der Waals surface area contributed by atoms with Crippen molar-refractivity contribution in [1.29, 1.82) is 0 Å². The van der Waals surface area contributed by atoms with Crippen LogP contribution in [0, 0.1) is 0 Å². The van der Waals surface area contributed by atoms with Gasteiger partial charge in [0.2, 0.25) is 0 Å². The summed E-state index contributed by atoms with van der Waals surface area (Å²) >= 11 is 1.32. The zero-order chi connectivity index (χ0) is 22.8. The Morgan fingerprint density at radius 3 is 2.71 bits per heavy atom. The molecule has 0 aliphatic carbocycles. The number of aromatic nitrogens is 3. The van der Waals surface area contributed by atoms with Crippen LogP contribution in [-0.4, -0.2) is 76.9 Å². The zero-order valence-corrected chi connectivity index (χ0v) is 19.2. The topological polar surface area (TPSA) is 124 Å². The molecule has 3 heterocycles. The van der Waals surface area contributed by atoms with E-state index < -0.39 is 34.2 Å². The first-order valence-corrected chi connectivity index (χ1v) is 12.1. The van der Waals surface area contributed by atoms with Gasteiger partial charge in [0.1, 0.15) is 17.4 Å². The second-order valence-corrected chi connectivity index (χ2v) is 10.3. The number of hydrogen-bond acceptors (Lipinski definition) is 8. The largest absolute Gasteiger partial charge is 0.460 e. The Kier molecular flexibility index (Phi) is 7.09. The monoisotopic (exact) mass is 471 g/mol. The summed E-state index contributed by atoms with van der Waals surface area (Å²) in [6.07, 6.45) is 1.23. The van der Waals surface area contributed by atoms with Gasteiger partial charge in [-0.3, -0.25) is 4.79 Å². The number of ether oxygens (including phenoxy) is 1. The molecule has 0 spiro atoms. The number of nitrogens with zero attached hydrogens (tertiary/aromatic N) is 5. The lowest BCUT2D eigenvalue weighted by Crippen LogP contribution is -2.45. The quantitative estimate of drug-likeness (QED) is 0.398. The van der Waals surface area contributed by atoms with Gasteiger partial charge < -0.3 is 4.74 Å². The maximum atomic E-state index is 13.1. The van der Waals surface area contributed by atoms with E-state index in [1.165, 1.54) is 34.3 Å². The van der Waals surface area contributed by atoms with Crippen LogP contribution in [0.1, 0.15) is 31.5 Å². The summed E-state index contributed by atoms with van der Waals surface area (Å²) in [6.45, 7) is 1.62. The van der Waals surface area contributed by atoms with Gasteiger partial charge >= 0.3 is 11.7 Å². The molecule has 170 valence electrons. The molecular weight excluding hydrogens is 446 g/mol. The first-order chi connectivity index (χ1) is 14.7. The molecule has 13 heteroatoms. The van der Waals surface area contributed by atoms with Gasteiger partial charge in [-0.2, -0.15) is 22.1 Å². The van der Waals surface area contributed by atoms with E-state index in [-0.39, 0.29) is 19.1 Å². The Bertz CT molecular complexity index is 1100. The van der Waals surface area contributed by atoms with Crippen molar-refractivity contribution in [1.82, 2.24) is 23.0 Å². The van der Waals surface area contributed by atoms with Crippen LogP contribution in [0.2, 0.25) is 0 Å². The van der Waals surface area contributed by atoms with Gasteiger partial charge in [-0.25, -0.2) is 18.8 Å². The molecule has 0 radical (unpaired) electrons. The molecule has 0 N–H and O–H groups in total. The predicted molar refractivity (Wildman–Crippen MR) is 113 cm³/mol. The van der Waals surface area contributed by atoms with Crippen molar-refractivity contribution in [3.8, 4) is 5.00 Å². The number of ketones is 1. The van der Waals surface area contributed by atoms with Crippen molar-refractivity contribution in [2.45, 2.75) is 32.2 Å². The summed E-state index contributed by atoms with van der Waals surface area (Å²) in [4.78, 5) is 36.9. The molecule has 2 aromatic heterocycles. The second kappa shape index (κ2) is 9.42. The molecule has 0 amide bonds. The lowest BCUT2D eigenvalue weighted by Gasteiger charge is -2.32. The molecule has 2 aromatic rings. The van der Waals surface area contributed by atoms with Gasteiger partial charge in [0, 0.05) is 33.1 Å². The number of carbonyl (C=O) groups is 2. The van der Waals surface area contributed by atoms with Gasteiger partial charge in [-0.1, -0.05) is 0 Å². The molecule has 1 atom stereocenters. The Labute approximate surface area is 184 Å². The first-order valence-electron chi connectivity index (χ1n) is 9.78. The van der Waals surface area contributed by atoms with Crippen molar-refractivity contribution < 1.29 is 22.7 Å². The number of hydrogen-bond donors (Lipinski definition) is 0. The minimum atomic E-state index is -3.62. The molecule has 1 fully saturated rings. The highest BCUT2D eigenvalue weighted by Gasteiger charge is 2.34. The van der Waals surface area contributed by atoms with Crippen molar-refractivity contribution in [2.24, 2.45) is 0 Å². The number of carbonyl (C=O) groups excluding carboxylic acids is 2. The summed E-state index contributed by atoms with van der Waals surface area (Å²) in [6, 6.07) is 3.52. The van der Waals surface area contributed by atoms with Crippen LogP contribution in [0.5, 0.6) is 0 Å². The fraction of sp³-hybridized carbons (Fsp3) is 0.556. The van der Waals surface area contributed by atoms with Crippen LogP contribution in [0.25, 0.3) is 5.00 Å². The minimum Gasteiger partial charge on any atom is -0.460 e. The summed E-state index contributed by atoms with van der Waals surface area (Å²) in [5.74, 6) is -1.89. The summed E-state index contributed by atoms with van der Waals surface area (Å²) < 4.78 is 34.7. The van der Waals surface area contributed by atoms with Crippen molar-refractivity contribution in [3.63, 3.8) is 0 Å². The number of piperidine rings is 1. The Morgan fingerprint density at radius 1 is 1.35 bits per heavy atom. The number of esters is 1. The highest BCUT2D eigenvalue weighted by molar-refractivity contribution is 7.86. The van der Waals surface area contributed by atoms with Crippen LogP contribution >= 0.6 is 11.3 Å². The molecule has 0 bridgehead atoms. The molecule has 1 unspecified atom stereocenters. The predicted octanol–water partition coefficient (Wildman–Crippen LogP) is 0.214. The first kappa shape index (κ1) is 23.3. The average Bonchev–Trinajstić information content (AvgIpc) is 3.36. The van der Waals surface area contributed by atoms with Crippen LogP contribution in [-0.2, 0) is 31.1 Å². The second-order valence-electron chi connectivity index (χ2n) is 7.22. The van der Waals surface area contributed by atoms with Gasteiger partial charge in [-0.05, 0) is 37.3 Å². The third kappa shape index (κ3) is 4.79. The lowest BCUT2D eigenvalue weighted by molar-refractivity contribution is -0.153. The van der Waals surface area contributed by atoms with Crippen LogP contribution in [0.15, 0.2) is 22.3 Å². The highest BCUT2D eigenvalue weighted by atomic mass is 32.2. The molecule has 31 heavy (non-hydrogen) atoms. The molecule has 0 aromatic carbocycles.